The van der Waals surface area contributed by atoms with Crippen LogP contribution in [0.4, 0.5) is 17.5 Å². The van der Waals surface area contributed by atoms with E-state index in [2.05, 4.69) is 26.3 Å². The van der Waals surface area contributed by atoms with Gasteiger partial charge in [0.2, 0.25) is 5.95 Å². The molecule has 5 rings (SSSR count). The Kier molecular flexibility index (Phi) is 8.85. The number of hydrogen-bond acceptors (Lipinski definition) is 10. The minimum atomic E-state index is -0.465. The number of nitrogens with one attached hydrogen (secondary N) is 1. The summed E-state index contributed by atoms with van der Waals surface area (Å²) in [5.74, 6) is 1.12. The quantitative estimate of drug-likeness (QED) is 0.267. The maximum absolute atomic E-state index is 14.5. The van der Waals surface area contributed by atoms with Crippen LogP contribution >= 0.6 is 0 Å². The molecule has 1 fully saturated rings. The Hall–Kier alpha value is -4.98. The van der Waals surface area contributed by atoms with Crippen LogP contribution in [0.3, 0.4) is 0 Å². The molecule has 3 N–H and O–H groups in total. The molecule has 1 saturated heterocycles. The average molecular weight is 581 g/mol. The molecule has 3 heterocycles. The van der Waals surface area contributed by atoms with Gasteiger partial charge in [-0.1, -0.05) is 31.2 Å². The van der Waals surface area contributed by atoms with E-state index in [0.29, 0.717) is 58.2 Å². The summed E-state index contributed by atoms with van der Waals surface area (Å²) in [6, 6.07) is 16.9. The minimum absolute atomic E-state index is 0.0551. The molecular weight excluding hydrogens is 544 g/mol. The highest BCUT2D eigenvalue weighted by Crippen LogP contribution is 2.32. The van der Waals surface area contributed by atoms with Gasteiger partial charge in [-0.25, -0.2) is 9.97 Å². The van der Waals surface area contributed by atoms with Gasteiger partial charge in [0.05, 0.1) is 41.1 Å². The van der Waals surface area contributed by atoms with E-state index in [4.69, 9.17) is 15.5 Å². The van der Waals surface area contributed by atoms with Crippen molar-refractivity contribution < 1.29 is 9.53 Å². The molecular formula is C32H36N8O3. The fourth-order valence-corrected chi connectivity index (χ4v) is 5.79. The van der Waals surface area contributed by atoms with Crippen molar-refractivity contribution in [1.82, 2.24) is 19.5 Å². The zero-order chi connectivity index (χ0) is 30.5. The van der Waals surface area contributed by atoms with Crippen molar-refractivity contribution >= 4 is 34.3 Å². The van der Waals surface area contributed by atoms with Gasteiger partial charge in [-0.05, 0) is 62.8 Å². The summed E-state index contributed by atoms with van der Waals surface area (Å²) in [6.07, 6.45) is 3.63. The molecule has 11 nitrogen and oxygen atoms in total. The number of nitrogen functional groups attached to an aromatic ring is 1. The van der Waals surface area contributed by atoms with Crippen molar-refractivity contribution in [2.75, 3.05) is 36.1 Å². The smallest absolute Gasteiger partial charge is 0.305 e. The number of aryl methyl sites for hydroxylation is 1. The summed E-state index contributed by atoms with van der Waals surface area (Å²) in [7, 11) is 1.42. The lowest BCUT2D eigenvalue weighted by Crippen LogP contribution is -2.35. The number of carbonyl (C=O) groups is 1. The van der Waals surface area contributed by atoms with Crippen molar-refractivity contribution in [3.63, 3.8) is 0 Å². The predicted octanol–water partition coefficient (Wildman–Crippen LogP) is 4.67. The van der Waals surface area contributed by atoms with Crippen LogP contribution < -0.4 is 21.5 Å². The summed E-state index contributed by atoms with van der Waals surface area (Å²) in [5.41, 5.74) is 8.65. The molecule has 11 heteroatoms. The number of nitrogens with two attached hydrogens (primary N) is 1. The number of methoxy groups -OCH3 is 1. The van der Waals surface area contributed by atoms with Gasteiger partial charge in [-0.2, -0.15) is 10.2 Å². The summed E-state index contributed by atoms with van der Waals surface area (Å²) in [6.45, 7) is 5.25. The topological polar surface area (TPSA) is 152 Å². The number of nitriles is 1. The normalized spacial score (nSPS) is 14.3. The lowest BCUT2D eigenvalue weighted by atomic mass is 9.91. The highest BCUT2D eigenvalue weighted by atomic mass is 16.5. The molecule has 4 aromatic rings. The maximum Gasteiger partial charge on any atom is 0.305 e. The summed E-state index contributed by atoms with van der Waals surface area (Å²) in [4.78, 5) is 41.9. The third-order valence-electron chi connectivity index (χ3n) is 8.11. The molecule has 0 spiro atoms. The Balaban J connectivity index is 1.57. The van der Waals surface area contributed by atoms with Crippen LogP contribution in [0, 0.1) is 24.2 Å². The molecule has 0 aliphatic carbocycles. The van der Waals surface area contributed by atoms with E-state index in [1.165, 1.54) is 7.11 Å². The number of nitrogens with zero attached hydrogens (tertiary/aromatic N) is 6. The van der Waals surface area contributed by atoms with Gasteiger partial charge in [0.1, 0.15) is 23.3 Å². The van der Waals surface area contributed by atoms with Gasteiger partial charge in [0.25, 0.3) is 5.56 Å². The Morgan fingerprint density at radius 3 is 2.56 bits per heavy atom. The Bertz CT molecular complexity index is 1720. The van der Waals surface area contributed by atoms with E-state index in [0.717, 1.165) is 38.0 Å². The Morgan fingerprint density at radius 1 is 1.14 bits per heavy atom. The van der Waals surface area contributed by atoms with E-state index in [9.17, 15) is 14.9 Å². The van der Waals surface area contributed by atoms with Crippen molar-refractivity contribution in [1.29, 1.82) is 5.26 Å². The number of rotatable bonds is 9. The Labute approximate surface area is 250 Å². The van der Waals surface area contributed by atoms with Crippen LogP contribution in [0.5, 0.6) is 0 Å². The van der Waals surface area contributed by atoms with Crippen molar-refractivity contribution in [2.24, 2.45) is 5.92 Å². The number of para-hydroxylation sites is 1. The third kappa shape index (κ3) is 6.14. The number of aromatic nitrogens is 4. The highest BCUT2D eigenvalue weighted by Gasteiger charge is 2.26. The van der Waals surface area contributed by atoms with Crippen molar-refractivity contribution in [3.8, 4) is 11.8 Å². The number of esters is 1. The van der Waals surface area contributed by atoms with Crippen molar-refractivity contribution in [2.45, 2.75) is 52.0 Å². The number of benzene rings is 2. The largest absolute Gasteiger partial charge is 0.469 e. The lowest BCUT2D eigenvalue weighted by Gasteiger charge is -2.34. The van der Waals surface area contributed by atoms with E-state index < -0.39 is 6.04 Å². The fraction of sp³-hybridized carbons (Fsp3) is 0.375. The van der Waals surface area contributed by atoms with Gasteiger partial charge in [0, 0.05) is 19.5 Å². The molecule has 1 aliphatic rings. The fourth-order valence-electron chi connectivity index (χ4n) is 5.79. The molecule has 222 valence electrons. The van der Waals surface area contributed by atoms with E-state index in [-0.39, 0.29) is 17.5 Å². The number of ether oxygens (including phenoxy) is 1. The molecule has 0 amide bonds. The monoisotopic (exact) mass is 580 g/mol. The number of fused-ring (bicyclic) bond motifs is 1. The molecule has 43 heavy (non-hydrogen) atoms. The summed E-state index contributed by atoms with van der Waals surface area (Å²) < 4.78 is 6.46. The van der Waals surface area contributed by atoms with Gasteiger partial charge in [0.15, 0.2) is 0 Å². The Morgan fingerprint density at radius 2 is 1.88 bits per heavy atom. The first-order valence-electron chi connectivity index (χ1n) is 14.6. The molecule has 0 bridgehead atoms. The van der Waals surface area contributed by atoms with Gasteiger partial charge < -0.3 is 20.7 Å². The standard InChI is InChI=1S/C32H36N8O3/c1-4-24(36-29-23(19-33)20(2)35-32(34)38-29)30-37-25-11-8-12-26(28(25)31(42)40(30)22-9-6-5-7-10-22)39-17-15-21(16-18-39)13-14-27(41)43-3/h5-12,21,24H,4,13-18H2,1-3H3,(H3,34,35,36,38)/t24-/m0/s1. The molecule has 1 aliphatic heterocycles. The molecule has 0 saturated carbocycles. The SMILES string of the molecule is CC[C@H](Nc1nc(N)nc(C)c1C#N)c1nc2cccc(N3CCC(CCC(=O)OC)CC3)c2c(=O)n1-c1ccccc1. The first-order chi connectivity index (χ1) is 20.8. The van der Waals surface area contributed by atoms with Crippen molar-refractivity contribution in [3.05, 3.63) is 76.0 Å². The van der Waals surface area contributed by atoms with Crippen LogP contribution in [-0.4, -0.2) is 45.7 Å². The van der Waals surface area contributed by atoms with E-state index in [1.807, 2.05) is 55.5 Å². The first kappa shape index (κ1) is 29.5. The second-order valence-corrected chi connectivity index (χ2v) is 10.8. The summed E-state index contributed by atoms with van der Waals surface area (Å²) in [5, 5.41) is 13.7. The number of hydrogen-bond donors (Lipinski definition) is 2. The van der Waals surface area contributed by atoms with Crippen LogP contribution in [0.1, 0.15) is 62.2 Å². The van der Waals surface area contributed by atoms with Gasteiger partial charge in [-0.15, -0.1) is 0 Å². The molecule has 0 unspecified atom stereocenters. The maximum atomic E-state index is 14.5. The van der Waals surface area contributed by atoms with E-state index >= 15 is 0 Å². The van der Waals surface area contributed by atoms with Crippen LogP contribution in [0.15, 0.2) is 53.3 Å². The van der Waals surface area contributed by atoms with E-state index in [1.54, 1.807) is 11.5 Å². The highest BCUT2D eigenvalue weighted by molar-refractivity contribution is 5.91. The zero-order valence-corrected chi connectivity index (χ0v) is 24.7. The van der Waals surface area contributed by atoms with Gasteiger partial charge in [-0.3, -0.25) is 14.2 Å². The van der Waals surface area contributed by atoms with Crippen LogP contribution in [0.25, 0.3) is 16.6 Å². The van der Waals surface area contributed by atoms with Gasteiger partial charge >= 0.3 is 5.97 Å². The molecule has 2 aromatic carbocycles. The minimum Gasteiger partial charge on any atom is -0.469 e. The second-order valence-electron chi connectivity index (χ2n) is 10.8. The number of piperidine rings is 1. The summed E-state index contributed by atoms with van der Waals surface area (Å²) >= 11 is 0. The van der Waals surface area contributed by atoms with Crippen LogP contribution in [-0.2, 0) is 9.53 Å². The predicted molar refractivity (Wildman–Crippen MR) is 166 cm³/mol. The third-order valence-corrected chi connectivity index (χ3v) is 8.11. The molecule has 1 atom stereocenters. The number of anilines is 3. The average Bonchev–Trinajstić information content (AvgIpc) is 3.02. The molecule has 2 aromatic heterocycles. The number of carbonyl (C=O) groups excluding carboxylic acids is 1. The molecule has 0 radical (unpaired) electrons. The zero-order valence-electron chi connectivity index (χ0n) is 24.7. The second kappa shape index (κ2) is 12.9. The van der Waals surface area contributed by atoms with Crippen LogP contribution in [0.2, 0.25) is 0 Å². The lowest BCUT2D eigenvalue weighted by molar-refractivity contribution is -0.141. The first-order valence-corrected chi connectivity index (χ1v) is 14.6.